The zero-order valence-corrected chi connectivity index (χ0v) is 12.7. The molecule has 0 aliphatic heterocycles. The van der Waals surface area contributed by atoms with Gasteiger partial charge in [-0.15, -0.1) is 0 Å². The molecule has 0 bridgehead atoms. The van der Waals surface area contributed by atoms with Crippen molar-refractivity contribution in [2.45, 2.75) is 39.7 Å². The average molecular weight is 300 g/mol. The van der Waals surface area contributed by atoms with E-state index in [-0.39, 0.29) is 11.5 Å². The molecule has 0 heterocycles. The number of rotatable bonds is 5. The van der Waals surface area contributed by atoms with Crippen molar-refractivity contribution in [3.63, 3.8) is 0 Å². The van der Waals surface area contributed by atoms with E-state index in [1.807, 2.05) is 6.07 Å². The number of hydrogen-bond acceptors (Lipinski definition) is 2. The molecule has 1 aromatic carbocycles. The normalized spacial score (nSPS) is 13.5. The van der Waals surface area contributed by atoms with Crippen LogP contribution in [0.15, 0.2) is 22.7 Å². The van der Waals surface area contributed by atoms with Crippen LogP contribution in [0.5, 0.6) is 5.75 Å². The number of benzene rings is 1. The second kappa shape index (κ2) is 5.87. The van der Waals surface area contributed by atoms with Gasteiger partial charge >= 0.3 is 0 Å². The van der Waals surface area contributed by atoms with Gasteiger partial charge in [0, 0.05) is 6.04 Å². The monoisotopic (exact) mass is 299 g/mol. The van der Waals surface area contributed by atoms with E-state index in [1.54, 1.807) is 7.11 Å². The van der Waals surface area contributed by atoms with Gasteiger partial charge in [-0.1, -0.05) is 19.9 Å². The predicted molar refractivity (Wildman–Crippen MR) is 76.4 cm³/mol. The van der Waals surface area contributed by atoms with Gasteiger partial charge in [-0.05, 0) is 58.8 Å². The van der Waals surface area contributed by atoms with Crippen LogP contribution < -0.4 is 10.5 Å². The lowest BCUT2D eigenvalue weighted by atomic mass is 9.80. The van der Waals surface area contributed by atoms with Crippen molar-refractivity contribution in [2.75, 3.05) is 7.11 Å². The maximum atomic E-state index is 5.88. The predicted octanol–water partition coefficient (Wildman–Crippen LogP) is 3.76. The summed E-state index contributed by atoms with van der Waals surface area (Å²) in [6.45, 7) is 6.58. The fraction of sp³-hybridized carbons (Fsp3) is 0.571. The smallest absolute Gasteiger partial charge is 0.133 e. The highest BCUT2D eigenvalue weighted by Gasteiger charge is 2.20. The summed E-state index contributed by atoms with van der Waals surface area (Å²) in [6.07, 6.45) is 2.05. The third kappa shape index (κ3) is 4.68. The Bertz CT molecular complexity index is 374. The van der Waals surface area contributed by atoms with Gasteiger partial charge in [0.25, 0.3) is 0 Å². The highest BCUT2D eigenvalue weighted by atomic mass is 79.9. The first-order chi connectivity index (χ1) is 7.84. The molecule has 96 valence electrons. The molecule has 0 amide bonds. The van der Waals surface area contributed by atoms with Crippen LogP contribution in [0.4, 0.5) is 0 Å². The number of hydrogen-bond donors (Lipinski definition) is 1. The molecule has 3 heteroatoms. The van der Waals surface area contributed by atoms with Gasteiger partial charge in [0.05, 0.1) is 11.6 Å². The van der Waals surface area contributed by atoms with E-state index >= 15 is 0 Å². The summed E-state index contributed by atoms with van der Waals surface area (Å²) in [4.78, 5) is 0. The quantitative estimate of drug-likeness (QED) is 0.898. The van der Waals surface area contributed by atoms with E-state index in [1.165, 1.54) is 5.56 Å². The van der Waals surface area contributed by atoms with Crippen LogP contribution in [0, 0.1) is 5.41 Å². The third-order valence-electron chi connectivity index (χ3n) is 2.77. The molecule has 1 rings (SSSR count). The summed E-state index contributed by atoms with van der Waals surface area (Å²) >= 11 is 3.52. The van der Waals surface area contributed by atoms with E-state index in [0.717, 1.165) is 23.1 Å². The van der Waals surface area contributed by atoms with Gasteiger partial charge in [0.15, 0.2) is 0 Å². The highest BCUT2D eigenvalue weighted by Crippen LogP contribution is 2.31. The first-order valence-corrected chi connectivity index (χ1v) is 6.71. The summed E-state index contributed by atoms with van der Waals surface area (Å²) in [5.41, 5.74) is 7.41. The topological polar surface area (TPSA) is 35.2 Å². The Kier molecular flexibility index (Phi) is 5.02. The van der Waals surface area contributed by atoms with E-state index in [0.29, 0.717) is 0 Å². The van der Waals surface area contributed by atoms with Gasteiger partial charge < -0.3 is 10.5 Å². The molecular weight excluding hydrogens is 278 g/mol. The minimum atomic E-state index is 0.224. The van der Waals surface area contributed by atoms with Crippen LogP contribution in [-0.4, -0.2) is 13.2 Å². The third-order valence-corrected chi connectivity index (χ3v) is 3.39. The van der Waals surface area contributed by atoms with Crippen molar-refractivity contribution < 1.29 is 4.74 Å². The van der Waals surface area contributed by atoms with Crippen LogP contribution in [0.3, 0.4) is 0 Å². The van der Waals surface area contributed by atoms with Gasteiger partial charge in [-0.2, -0.15) is 0 Å². The van der Waals surface area contributed by atoms with Gasteiger partial charge in [0.2, 0.25) is 0 Å². The number of methoxy groups -OCH3 is 1. The number of halogens is 1. The van der Waals surface area contributed by atoms with Crippen LogP contribution >= 0.6 is 15.9 Å². The maximum absolute atomic E-state index is 5.88. The molecule has 0 saturated carbocycles. The molecule has 0 aliphatic carbocycles. The zero-order valence-electron chi connectivity index (χ0n) is 11.1. The van der Waals surface area contributed by atoms with E-state index in [9.17, 15) is 0 Å². The Morgan fingerprint density at radius 1 is 1.41 bits per heavy atom. The lowest BCUT2D eigenvalue weighted by Crippen LogP contribution is -2.26. The molecule has 0 saturated heterocycles. The maximum Gasteiger partial charge on any atom is 0.133 e. The summed E-state index contributed by atoms with van der Waals surface area (Å²) in [5.74, 6) is 0.874. The van der Waals surface area contributed by atoms with Crippen molar-refractivity contribution in [1.82, 2.24) is 0 Å². The van der Waals surface area contributed by atoms with Crippen LogP contribution in [0.1, 0.15) is 32.8 Å². The minimum Gasteiger partial charge on any atom is -0.496 e. The van der Waals surface area contributed by atoms with Crippen LogP contribution in [0.25, 0.3) is 0 Å². The SMILES string of the molecule is COc1ccc(CC(C)(C)CC(C)N)cc1Br. The Labute approximate surface area is 113 Å². The number of ether oxygens (including phenoxy) is 1. The molecular formula is C14H22BrNO. The second-order valence-electron chi connectivity index (χ2n) is 5.49. The molecule has 0 radical (unpaired) electrons. The fourth-order valence-electron chi connectivity index (χ4n) is 2.32. The molecule has 1 unspecified atom stereocenters. The van der Waals surface area contributed by atoms with Crippen molar-refractivity contribution in [1.29, 1.82) is 0 Å². The Morgan fingerprint density at radius 2 is 2.06 bits per heavy atom. The van der Waals surface area contributed by atoms with Crippen molar-refractivity contribution in [3.05, 3.63) is 28.2 Å². The summed E-state index contributed by atoms with van der Waals surface area (Å²) < 4.78 is 6.24. The van der Waals surface area contributed by atoms with Gasteiger partial charge in [-0.3, -0.25) is 0 Å². The largest absolute Gasteiger partial charge is 0.496 e. The molecule has 1 atom stereocenters. The molecule has 17 heavy (non-hydrogen) atoms. The number of nitrogens with two attached hydrogens (primary N) is 1. The first-order valence-electron chi connectivity index (χ1n) is 5.92. The Morgan fingerprint density at radius 3 is 2.53 bits per heavy atom. The Balaban J connectivity index is 2.78. The van der Waals surface area contributed by atoms with Gasteiger partial charge in [-0.25, -0.2) is 0 Å². The molecule has 0 aromatic heterocycles. The summed E-state index contributed by atoms with van der Waals surface area (Å²) in [7, 11) is 1.68. The highest BCUT2D eigenvalue weighted by molar-refractivity contribution is 9.10. The van der Waals surface area contributed by atoms with Crippen molar-refractivity contribution >= 4 is 15.9 Å². The molecule has 2 N–H and O–H groups in total. The summed E-state index contributed by atoms with van der Waals surface area (Å²) in [5, 5.41) is 0. The zero-order chi connectivity index (χ0) is 13.1. The lowest BCUT2D eigenvalue weighted by molar-refractivity contribution is 0.309. The molecule has 0 aliphatic rings. The van der Waals surface area contributed by atoms with Gasteiger partial charge in [0.1, 0.15) is 5.75 Å². The lowest BCUT2D eigenvalue weighted by Gasteiger charge is -2.26. The standard InChI is InChI=1S/C14H22BrNO/c1-10(16)8-14(2,3)9-11-5-6-13(17-4)12(15)7-11/h5-7,10H,8-9,16H2,1-4H3. The van der Waals surface area contributed by atoms with E-state index < -0.39 is 0 Å². The second-order valence-corrected chi connectivity index (χ2v) is 6.35. The Hall–Kier alpha value is -0.540. The van der Waals surface area contributed by atoms with Crippen LogP contribution in [-0.2, 0) is 6.42 Å². The van der Waals surface area contributed by atoms with Crippen molar-refractivity contribution in [2.24, 2.45) is 11.1 Å². The molecule has 0 spiro atoms. The average Bonchev–Trinajstić information content (AvgIpc) is 2.14. The molecule has 1 aromatic rings. The van der Waals surface area contributed by atoms with Crippen molar-refractivity contribution in [3.8, 4) is 5.75 Å². The van der Waals surface area contributed by atoms with E-state index in [4.69, 9.17) is 10.5 Å². The van der Waals surface area contributed by atoms with Crippen LogP contribution in [0.2, 0.25) is 0 Å². The molecule has 2 nitrogen and oxygen atoms in total. The molecule has 0 fully saturated rings. The first kappa shape index (κ1) is 14.5. The van der Waals surface area contributed by atoms with E-state index in [2.05, 4.69) is 48.8 Å². The summed E-state index contributed by atoms with van der Waals surface area (Å²) in [6, 6.07) is 6.49. The minimum absolute atomic E-state index is 0.224. The fourth-order valence-corrected chi connectivity index (χ4v) is 2.90.